The van der Waals surface area contributed by atoms with Crippen molar-refractivity contribution >= 4 is 0 Å². The lowest BCUT2D eigenvalue weighted by Crippen LogP contribution is -2.67. The van der Waals surface area contributed by atoms with Crippen molar-refractivity contribution in [3.8, 4) is 0 Å². The van der Waals surface area contributed by atoms with Crippen molar-refractivity contribution in [2.24, 2.45) is 5.41 Å². The Morgan fingerprint density at radius 3 is 2.13 bits per heavy atom. The third-order valence-electron chi connectivity index (χ3n) is 4.90. The molecule has 0 saturated carbocycles. The SMILES string of the molecule is CC1(O)CCN(CCO)C(C)(C)C1(C)C. The molecule has 1 rings (SSSR count). The molecular weight excluding hydrogens is 190 g/mol. The van der Waals surface area contributed by atoms with Crippen LogP contribution in [0.1, 0.15) is 41.0 Å². The molecule has 0 spiro atoms. The van der Waals surface area contributed by atoms with Gasteiger partial charge in [0.05, 0.1) is 12.2 Å². The number of hydrogen-bond donors (Lipinski definition) is 2. The lowest BCUT2D eigenvalue weighted by atomic mass is 9.59. The van der Waals surface area contributed by atoms with Gasteiger partial charge in [0.2, 0.25) is 0 Å². The fourth-order valence-corrected chi connectivity index (χ4v) is 2.51. The number of β-amino-alcohol motifs (C(OH)–C–C–N with tert-alkyl or cyclic N) is 1. The number of piperidine rings is 1. The van der Waals surface area contributed by atoms with Crippen molar-refractivity contribution in [3.05, 3.63) is 0 Å². The molecule has 1 aliphatic rings. The second-order valence-corrected chi connectivity index (χ2v) is 5.92. The fourth-order valence-electron chi connectivity index (χ4n) is 2.51. The molecule has 1 fully saturated rings. The van der Waals surface area contributed by atoms with E-state index in [0.717, 1.165) is 13.0 Å². The van der Waals surface area contributed by atoms with Crippen molar-refractivity contribution in [1.29, 1.82) is 0 Å². The molecule has 0 aromatic heterocycles. The van der Waals surface area contributed by atoms with E-state index in [1.807, 2.05) is 6.92 Å². The molecule has 0 aromatic rings. The molecule has 1 unspecified atom stereocenters. The summed E-state index contributed by atoms with van der Waals surface area (Å²) in [6.07, 6.45) is 0.767. The summed E-state index contributed by atoms with van der Waals surface area (Å²) in [6.45, 7) is 12.2. The first-order chi connectivity index (χ1) is 6.67. The van der Waals surface area contributed by atoms with Crippen LogP contribution in [0, 0.1) is 5.41 Å². The molecule has 0 bridgehead atoms. The van der Waals surface area contributed by atoms with E-state index in [-0.39, 0.29) is 17.6 Å². The minimum absolute atomic E-state index is 0.0997. The first kappa shape index (κ1) is 12.9. The summed E-state index contributed by atoms with van der Waals surface area (Å²) >= 11 is 0. The highest BCUT2D eigenvalue weighted by Gasteiger charge is 2.55. The molecule has 1 saturated heterocycles. The molecule has 2 N–H and O–H groups in total. The number of aliphatic hydroxyl groups excluding tert-OH is 1. The van der Waals surface area contributed by atoms with Gasteiger partial charge in [-0.25, -0.2) is 0 Å². The van der Waals surface area contributed by atoms with Gasteiger partial charge in [0.15, 0.2) is 0 Å². The highest BCUT2D eigenvalue weighted by atomic mass is 16.3. The Hall–Kier alpha value is -0.120. The van der Waals surface area contributed by atoms with Gasteiger partial charge in [-0.05, 0) is 27.2 Å². The van der Waals surface area contributed by atoms with Crippen LogP contribution in [0.2, 0.25) is 0 Å². The van der Waals surface area contributed by atoms with Gasteiger partial charge in [-0.1, -0.05) is 13.8 Å². The zero-order valence-electron chi connectivity index (χ0n) is 10.7. The van der Waals surface area contributed by atoms with Crippen molar-refractivity contribution < 1.29 is 10.2 Å². The van der Waals surface area contributed by atoms with E-state index < -0.39 is 5.60 Å². The van der Waals surface area contributed by atoms with Gasteiger partial charge in [0.1, 0.15) is 0 Å². The number of hydrogen-bond acceptors (Lipinski definition) is 3. The molecule has 1 aliphatic heterocycles. The minimum atomic E-state index is -0.636. The normalized spacial score (nSPS) is 35.4. The zero-order valence-corrected chi connectivity index (χ0v) is 10.7. The summed E-state index contributed by atoms with van der Waals surface area (Å²) in [5.74, 6) is 0. The van der Waals surface area contributed by atoms with Crippen molar-refractivity contribution in [2.75, 3.05) is 19.7 Å². The topological polar surface area (TPSA) is 43.7 Å². The van der Waals surface area contributed by atoms with E-state index in [0.29, 0.717) is 6.54 Å². The van der Waals surface area contributed by atoms with Gasteiger partial charge >= 0.3 is 0 Å². The van der Waals surface area contributed by atoms with Crippen molar-refractivity contribution in [3.63, 3.8) is 0 Å². The molecule has 3 heteroatoms. The molecule has 1 atom stereocenters. The van der Waals surface area contributed by atoms with Gasteiger partial charge in [-0.3, -0.25) is 4.90 Å². The Balaban J connectivity index is 2.98. The van der Waals surface area contributed by atoms with E-state index in [4.69, 9.17) is 5.11 Å². The Kier molecular flexibility index (Phi) is 3.21. The lowest BCUT2D eigenvalue weighted by molar-refractivity contribution is -0.173. The van der Waals surface area contributed by atoms with Crippen molar-refractivity contribution in [2.45, 2.75) is 52.2 Å². The van der Waals surface area contributed by atoms with Crippen LogP contribution in [-0.4, -0.2) is 45.9 Å². The highest BCUT2D eigenvalue weighted by molar-refractivity contribution is 5.08. The molecule has 1 heterocycles. The average molecular weight is 215 g/mol. The molecule has 0 aromatic carbocycles. The molecule has 0 radical (unpaired) electrons. The van der Waals surface area contributed by atoms with Gasteiger partial charge in [0.25, 0.3) is 0 Å². The summed E-state index contributed by atoms with van der Waals surface area (Å²) in [5, 5.41) is 19.5. The summed E-state index contributed by atoms with van der Waals surface area (Å²) in [4.78, 5) is 2.27. The van der Waals surface area contributed by atoms with E-state index in [2.05, 4.69) is 32.6 Å². The number of nitrogens with zero attached hydrogens (tertiary/aromatic N) is 1. The van der Waals surface area contributed by atoms with Gasteiger partial charge in [-0.15, -0.1) is 0 Å². The molecule has 90 valence electrons. The van der Waals surface area contributed by atoms with Crippen LogP contribution in [-0.2, 0) is 0 Å². The van der Waals surface area contributed by atoms with Crippen LogP contribution in [0.4, 0.5) is 0 Å². The largest absolute Gasteiger partial charge is 0.395 e. The molecule has 15 heavy (non-hydrogen) atoms. The quantitative estimate of drug-likeness (QED) is 0.728. The highest BCUT2D eigenvalue weighted by Crippen LogP contribution is 2.49. The molecule has 3 nitrogen and oxygen atoms in total. The number of aliphatic hydroxyl groups is 2. The second kappa shape index (κ2) is 3.72. The summed E-state index contributed by atoms with van der Waals surface area (Å²) in [6, 6.07) is 0. The zero-order chi connectivity index (χ0) is 11.9. The Bertz CT molecular complexity index is 234. The summed E-state index contributed by atoms with van der Waals surface area (Å²) in [7, 11) is 0. The number of likely N-dealkylation sites (tertiary alicyclic amines) is 1. The van der Waals surface area contributed by atoms with Crippen LogP contribution >= 0.6 is 0 Å². The number of rotatable bonds is 2. The molecular formula is C12H25NO2. The maximum atomic E-state index is 10.4. The second-order valence-electron chi connectivity index (χ2n) is 5.92. The maximum absolute atomic E-state index is 10.4. The molecule has 0 aliphatic carbocycles. The lowest BCUT2D eigenvalue weighted by Gasteiger charge is -2.60. The van der Waals surface area contributed by atoms with Crippen LogP contribution in [0.3, 0.4) is 0 Å². The monoisotopic (exact) mass is 215 g/mol. The van der Waals surface area contributed by atoms with E-state index in [1.165, 1.54) is 0 Å². The van der Waals surface area contributed by atoms with Gasteiger partial charge in [0, 0.05) is 24.0 Å². The van der Waals surface area contributed by atoms with E-state index in [1.54, 1.807) is 0 Å². The first-order valence-electron chi connectivity index (χ1n) is 5.75. The Labute approximate surface area is 93.1 Å². The Morgan fingerprint density at radius 2 is 1.67 bits per heavy atom. The van der Waals surface area contributed by atoms with Crippen LogP contribution in [0.25, 0.3) is 0 Å². The first-order valence-corrected chi connectivity index (χ1v) is 5.75. The average Bonchev–Trinajstić information content (AvgIpc) is 2.09. The summed E-state index contributed by atoms with van der Waals surface area (Å²) < 4.78 is 0. The third kappa shape index (κ3) is 1.81. The van der Waals surface area contributed by atoms with E-state index in [9.17, 15) is 5.11 Å². The minimum Gasteiger partial charge on any atom is -0.395 e. The smallest absolute Gasteiger partial charge is 0.0700 e. The van der Waals surface area contributed by atoms with Crippen LogP contribution in [0.15, 0.2) is 0 Å². The predicted octanol–water partition coefficient (Wildman–Crippen LogP) is 1.24. The van der Waals surface area contributed by atoms with Crippen LogP contribution in [0.5, 0.6) is 0 Å². The van der Waals surface area contributed by atoms with Gasteiger partial charge < -0.3 is 10.2 Å². The van der Waals surface area contributed by atoms with Crippen LogP contribution < -0.4 is 0 Å². The van der Waals surface area contributed by atoms with Crippen molar-refractivity contribution in [1.82, 2.24) is 4.90 Å². The Morgan fingerprint density at radius 1 is 1.13 bits per heavy atom. The summed E-state index contributed by atoms with van der Waals surface area (Å²) in [5.41, 5.74) is -0.923. The predicted molar refractivity (Wildman–Crippen MR) is 61.8 cm³/mol. The van der Waals surface area contributed by atoms with Gasteiger partial charge in [-0.2, -0.15) is 0 Å². The van der Waals surface area contributed by atoms with E-state index >= 15 is 0 Å². The standard InChI is InChI=1S/C12H25NO2/c1-10(2)11(3,4)13(8-9-14)7-6-12(10,5)15/h14-15H,6-9H2,1-5H3. The molecule has 0 amide bonds. The third-order valence-corrected chi connectivity index (χ3v) is 4.90. The maximum Gasteiger partial charge on any atom is 0.0700 e. The fraction of sp³-hybridized carbons (Fsp3) is 1.00.